The first kappa shape index (κ1) is 14.7. The van der Waals surface area contributed by atoms with Crippen LogP contribution in [-0.4, -0.2) is 23.3 Å². The van der Waals surface area contributed by atoms with Crippen molar-refractivity contribution in [1.29, 1.82) is 0 Å². The first-order chi connectivity index (χ1) is 10.5. The van der Waals surface area contributed by atoms with Gasteiger partial charge in [-0.15, -0.1) is 11.3 Å². The second-order valence-electron chi connectivity index (χ2n) is 5.53. The molecule has 1 aliphatic heterocycles. The van der Waals surface area contributed by atoms with Gasteiger partial charge in [0.15, 0.2) is 5.13 Å². The fourth-order valence-electron chi connectivity index (χ4n) is 2.55. The number of nitrogens with zero attached hydrogens (tertiary/aromatic N) is 2. The van der Waals surface area contributed by atoms with Crippen molar-refractivity contribution < 1.29 is 9.59 Å². The number of rotatable bonds is 3. The van der Waals surface area contributed by atoms with Crippen LogP contribution in [0.25, 0.3) is 0 Å². The Bertz CT molecular complexity index is 726. The van der Waals surface area contributed by atoms with Gasteiger partial charge in [0, 0.05) is 24.0 Å². The third-order valence-electron chi connectivity index (χ3n) is 3.66. The molecule has 114 valence electrons. The van der Waals surface area contributed by atoms with Crippen molar-refractivity contribution in [2.24, 2.45) is 5.92 Å². The quantitative estimate of drug-likeness (QED) is 0.947. The normalized spacial score (nSPS) is 17.8. The van der Waals surface area contributed by atoms with Crippen LogP contribution in [0.1, 0.15) is 17.7 Å². The van der Waals surface area contributed by atoms with Gasteiger partial charge >= 0.3 is 0 Å². The van der Waals surface area contributed by atoms with Gasteiger partial charge in [-0.25, -0.2) is 4.98 Å². The van der Waals surface area contributed by atoms with Gasteiger partial charge < -0.3 is 10.2 Å². The fraction of sp³-hybridized carbons (Fsp3) is 0.312. The lowest BCUT2D eigenvalue weighted by Crippen LogP contribution is -2.28. The lowest BCUT2D eigenvalue weighted by molar-refractivity contribution is -0.122. The second-order valence-corrected chi connectivity index (χ2v) is 6.39. The van der Waals surface area contributed by atoms with E-state index in [9.17, 15) is 9.59 Å². The Balaban J connectivity index is 1.70. The van der Waals surface area contributed by atoms with Crippen LogP contribution in [0.3, 0.4) is 0 Å². The highest BCUT2D eigenvalue weighted by Gasteiger charge is 2.35. The van der Waals surface area contributed by atoms with Crippen LogP contribution in [0.5, 0.6) is 0 Å². The van der Waals surface area contributed by atoms with Crippen molar-refractivity contribution >= 4 is 34.0 Å². The zero-order valence-corrected chi connectivity index (χ0v) is 13.3. The van der Waals surface area contributed by atoms with Crippen LogP contribution in [0, 0.1) is 19.8 Å². The third-order valence-corrected chi connectivity index (χ3v) is 4.53. The molecule has 1 aromatic carbocycles. The number of anilines is 2. The van der Waals surface area contributed by atoms with Gasteiger partial charge in [-0.05, 0) is 31.5 Å². The fourth-order valence-corrected chi connectivity index (χ4v) is 3.24. The number of hydrogen-bond acceptors (Lipinski definition) is 4. The molecule has 0 spiro atoms. The average molecular weight is 315 g/mol. The van der Waals surface area contributed by atoms with Gasteiger partial charge in [0.2, 0.25) is 11.8 Å². The molecule has 1 saturated heterocycles. The van der Waals surface area contributed by atoms with Crippen LogP contribution < -0.4 is 10.2 Å². The summed E-state index contributed by atoms with van der Waals surface area (Å²) in [7, 11) is 0. The minimum absolute atomic E-state index is 0.0129. The molecule has 1 unspecified atom stereocenters. The van der Waals surface area contributed by atoms with E-state index in [2.05, 4.69) is 10.3 Å². The van der Waals surface area contributed by atoms with Crippen molar-refractivity contribution in [3.05, 3.63) is 40.9 Å². The van der Waals surface area contributed by atoms with E-state index >= 15 is 0 Å². The lowest BCUT2D eigenvalue weighted by Gasteiger charge is -2.17. The van der Waals surface area contributed by atoms with Gasteiger partial charge in [0.05, 0.1) is 11.6 Å². The molecule has 5 nitrogen and oxygen atoms in total. The van der Waals surface area contributed by atoms with Crippen LogP contribution in [0.4, 0.5) is 10.8 Å². The molecule has 0 bridgehead atoms. The molecule has 0 radical (unpaired) electrons. The monoisotopic (exact) mass is 315 g/mol. The number of amides is 2. The molecular weight excluding hydrogens is 298 g/mol. The Hall–Kier alpha value is -2.21. The highest BCUT2D eigenvalue weighted by atomic mass is 32.1. The Labute approximate surface area is 133 Å². The summed E-state index contributed by atoms with van der Waals surface area (Å²) in [6.07, 6.45) is 0.240. The van der Waals surface area contributed by atoms with Crippen LogP contribution in [0.15, 0.2) is 29.6 Å². The maximum atomic E-state index is 12.3. The zero-order valence-electron chi connectivity index (χ0n) is 12.5. The highest BCUT2D eigenvalue weighted by Crippen LogP contribution is 2.27. The summed E-state index contributed by atoms with van der Waals surface area (Å²) in [6, 6.07) is 7.76. The summed E-state index contributed by atoms with van der Waals surface area (Å²) in [5.41, 5.74) is 2.83. The molecule has 3 rings (SSSR count). The lowest BCUT2D eigenvalue weighted by atomic mass is 10.1. The molecule has 22 heavy (non-hydrogen) atoms. The SMILES string of the molecule is Cc1cccc(N2CC(C(=O)Nc3nc(C)cs3)CC2=O)c1. The van der Waals surface area contributed by atoms with Crippen LogP contribution in [-0.2, 0) is 9.59 Å². The summed E-state index contributed by atoms with van der Waals surface area (Å²) < 4.78 is 0. The van der Waals surface area contributed by atoms with E-state index in [1.165, 1.54) is 11.3 Å². The molecule has 2 heterocycles. The molecule has 1 N–H and O–H groups in total. The standard InChI is InChI=1S/C16H17N3O2S/c1-10-4-3-5-13(6-10)19-8-12(7-14(19)20)15(21)18-16-17-11(2)9-22-16/h3-6,9,12H,7-8H2,1-2H3,(H,17,18,21). The maximum absolute atomic E-state index is 12.3. The minimum atomic E-state index is -0.336. The predicted molar refractivity (Wildman–Crippen MR) is 87.1 cm³/mol. The molecule has 1 fully saturated rings. The van der Waals surface area contributed by atoms with Crippen molar-refractivity contribution in [3.63, 3.8) is 0 Å². The smallest absolute Gasteiger partial charge is 0.231 e. The van der Waals surface area contributed by atoms with E-state index in [0.29, 0.717) is 11.7 Å². The Kier molecular flexibility index (Phi) is 3.94. The molecule has 2 amide bonds. The summed E-state index contributed by atoms with van der Waals surface area (Å²) in [4.78, 5) is 30.4. The van der Waals surface area contributed by atoms with Crippen molar-refractivity contribution in [3.8, 4) is 0 Å². The molecule has 0 aliphatic carbocycles. The van der Waals surface area contributed by atoms with Gasteiger partial charge in [0.1, 0.15) is 0 Å². The van der Waals surface area contributed by atoms with E-state index < -0.39 is 0 Å². The van der Waals surface area contributed by atoms with Gasteiger partial charge in [0.25, 0.3) is 0 Å². The Morgan fingerprint density at radius 2 is 2.23 bits per heavy atom. The largest absolute Gasteiger partial charge is 0.312 e. The molecule has 1 aromatic heterocycles. The van der Waals surface area contributed by atoms with E-state index in [1.54, 1.807) is 4.90 Å². The number of aromatic nitrogens is 1. The molecule has 1 atom stereocenters. The molecule has 2 aromatic rings. The van der Waals surface area contributed by atoms with Crippen LogP contribution in [0.2, 0.25) is 0 Å². The van der Waals surface area contributed by atoms with Crippen LogP contribution >= 0.6 is 11.3 Å². The van der Waals surface area contributed by atoms with Gasteiger partial charge in [-0.3, -0.25) is 9.59 Å². The summed E-state index contributed by atoms with van der Waals surface area (Å²) in [5, 5.41) is 5.27. The Morgan fingerprint density at radius 3 is 2.91 bits per heavy atom. The highest BCUT2D eigenvalue weighted by molar-refractivity contribution is 7.13. The number of hydrogen-bond donors (Lipinski definition) is 1. The van der Waals surface area contributed by atoms with E-state index in [0.717, 1.165) is 16.9 Å². The minimum Gasteiger partial charge on any atom is -0.312 e. The summed E-state index contributed by atoms with van der Waals surface area (Å²) in [6.45, 7) is 4.28. The topological polar surface area (TPSA) is 62.3 Å². The molecule has 6 heteroatoms. The summed E-state index contributed by atoms with van der Waals surface area (Å²) in [5.74, 6) is -0.490. The molecular formula is C16H17N3O2S. The zero-order chi connectivity index (χ0) is 15.7. The van der Waals surface area contributed by atoms with E-state index in [-0.39, 0.29) is 24.2 Å². The van der Waals surface area contributed by atoms with Gasteiger partial charge in [-0.1, -0.05) is 12.1 Å². The third kappa shape index (κ3) is 3.01. The second kappa shape index (κ2) is 5.88. The number of carbonyl (C=O) groups is 2. The first-order valence-corrected chi connectivity index (χ1v) is 8.01. The molecule has 1 aliphatic rings. The van der Waals surface area contributed by atoms with Crippen molar-refractivity contribution in [2.45, 2.75) is 20.3 Å². The predicted octanol–water partition coefficient (Wildman–Crippen LogP) is 2.75. The number of nitrogens with one attached hydrogen (secondary N) is 1. The van der Waals surface area contributed by atoms with E-state index in [4.69, 9.17) is 0 Å². The number of thiazole rings is 1. The number of aryl methyl sites for hydroxylation is 2. The van der Waals surface area contributed by atoms with E-state index in [1.807, 2.05) is 43.5 Å². The summed E-state index contributed by atoms with van der Waals surface area (Å²) >= 11 is 1.40. The van der Waals surface area contributed by atoms with Crippen molar-refractivity contribution in [2.75, 3.05) is 16.8 Å². The van der Waals surface area contributed by atoms with Gasteiger partial charge in [-0.2, -0.15) is 0 Å². The molecule has 0 saturated carbocycles. The van der Waals surface area contributed by atoms with Crippen molar-refractivity contribution in [1.82, 2.24) is 4.98 Å². The number of benzene rings is 1. The number of carbonyl (C=O) groups excluding carboxylic acids is 2. The Morgan fingerprint density at radius 1 is 1.41 bits per heavy atom. The first-order valence-electron chi connectivity index (χ1n) is 7.13. The average Bonchev–Trinajstić information content (AvgIpc) is 3.05. The maximum Gasteiger partial charge on any atom is 0.231 e.